The Morgan fingerprint density at radius 3 is 1.93 bits per heavy atom. The molecule has 128 valence electrons. The van der Waals surface area contributed by atoms with Crippen molar-refractivity contribution in [2.24, 2.45) is 0 Å². The third-order valence-electron chi connectivity index (χ3n) is 4.77. The molecule has 0 saturated carbocycles. The van der Waals surface area contributed by atoms with Crippen molar-refractivity contribution in [3.05, 3.63) is 79.3 Å². The SMILES string of the molecule is c1ccc2c(c1)[Se]c1cc(-c3cnccn3)cc3c1N2c1ccccc1[Se]3. The second-order valence-corrected chi connectivity index (χ2v) is 10.9. The summed E-state index contributed by atoms with van der Waals surface area (Å²) in [4.78, 5) is 11.3. The Labute approximate surface area is 169 Å². The molecule has 0 amide bonds. The standard InChI is InChI=1S/C22H13N3Se2/c1-3-7-18-16(5-1)25-17-6-2-4-8-19(17)27-21-12-14(11-20(26-18)22(21)25)15-13-23-9-10-24-15/h1-13H. The summed E-state index contributed by atoms with van der Waals surface area (Å²) in [6.45, 7) is 0. The third-order valence-corrected chi connectivity index (χ3v) is 9.37. The topological polar surface area (TPSA) is 29.0 Å². The Balaban J connectivity index is 1.64. The van der Waals surface area contributed by atoms with Crippen molar-refractivity contribution in [1.82, 2.24) is 9.97 Å². The van der Waals surface area contributed by atoms with Gasteiger partial charge in [0.05, 0.1) is 0 Å². The van der Waals surface area contributed by atoms with Gasteiger partial charge < -0.3 is 0 Å². The van der Waals surface area contributed by atoms with E-state index in [1.165, 1.54) is 40.5 Å². The van der Waals surface area contributed by atoms with Crippen molar-refractivity contribution in [1.29, 1.82) is 0 Å². The molecule has 0 aliphatic carbocycles. The van der Waals surface area contributed by atoms with Gasteiger partial charge in [-0.15, -0.1) is 0 Å². The van der Waals surface area contributed by atoms with Crippen LogP contribution in [-0.4, -0.2) is 39.9 Å². The van der Waals surface area contributed by atoms with Crippen LogP contribution in [0.15, 0.2) is 79.3 Å². The molecule has 0 spiro atoms. The quantitative estimate of drug-likeness (QED) is 0.337. The van der Waals surface area contributed by atoms with E-state index in [0.717, 1.165) is 5.69 Å². The zero-order chi connectivity index (χ0) is 17.8. The van der Waals surface area contributed by atoms with Gasteiger partial charge in [-0.05, 0) is 0 Å². The third kappa shape index (κ3) is 2.40. The Kier molecular flexibility index (Phi) is 3.50. The molecule has 0 radical (unpaired) electrons. The van der Waals surface area contributed by atoms with E-state index in [0.29, 0.717) is 0 Å². The molecule has 27 heavy (non-hydrogen) atoms. The van der Waals surface area contributed by atoms with Gasteiger partial charge in [-0.3, -0.25) is 0 Å². The molecule has 2 aliphatic heterocycles. The molecular weight excluding hydrogens is 464 g/mol. The van der Waals surface area contributed by atoms with Crippen LogP contribution in [0.1, 0.15) is 0 Å². The first-order valence-corrected chi connectivity index (χ1v) is 12.1. The summed E-state index contributed by atoms with van der Waals surface area (Å²) in [5.41, 5.74) is 6.20. The van der Waals surface area contributed by atoms with Crippen LogP contribution >= 0.6 is 0 Å². The molecule has 0 N–H and O–H groups in total. The predicted octanol–water partition coefficient (Wildman–Crippen LogP) is 1.55. The van der Waals surface area contributed by atoms with Crippen LogP contribution in [0, 0.1) is 0 Å². The van der Waals surface area contributed by atoms with Crippen LogP contribution in [0.4, 0.5) is 17.1 Å². The Morgan fingerprint density at radius 2 is 1.33 bits per heavy atom. The van der Waals surface area contributed by atoms with Crippen molar-refractivity contribution in [3.8, 4) is 11.3 Å². The van der Waals surface area contributed by atoms with E-state index in [2.05, 4.69) is 75.5 Å². The van der Waals surface area contributed by atoms with Crippen LogP contribution in [-0.2, 0) is 0 Å². The fourth-order valence-electron chi connectivity index (χ4n) is 3.62. The van der Waals surface area contributed by atoms with E-state index in [4.69, 9.17) is 0 Å². The van der Waals surface area contributed by atoms with Crippen LogP contribution in [0.5, 0.6) is 0 Å². The maximum absolute atomic E-state index is 4.54. The van der Waals surface area contributed by atoms with E-state index < -0.39 is 0 Å². The minimum atomic E-state index is 0.289. The molecule has 3 aromatic carbocycles. The van der Waals surface area contributed by atoms with E-state index in [1.54, 1.807) is 12.4 Å². The first-order chi connectivity index (χ1) is 13.4. The number of aromatic nitrogens is 2. The van der Waals surface area contributed by atoms with Crippen LogP contribution in [0.25, 0.3) is 11.3 Å². The number of hydrogen-bond donors (Lipinski definition) is 0. The number of hydrogen-bond acceptors (Lipinski definition) is 3. The monoisotopic (exact) mass is 479 g/mol. The first-order valence-electron chi connectivity index (χ1n) is 8.67. The summed E-state index contributed by atoms with van der Waals surface area (Å²) in [6, 6.07) is 22.3. The average molecular weight is 477 g/mol. The number of para-hydroxylation sites is 2. The summed E-state index contributed by atoms with van der Waals surface area (Å²) in [5, 5.41) is 0. The van der Waals surface area contributed by atoms with E-state index in [-0.39, 0.29) is 29.9 Å². The molecule has 0 saturated heterocycles. The Hall–Kier alpha value is -2.42. The zero-order valence-electron chi connectivity index (χ0n) is 14.2. The molecule has 5 heteroatoms. The van der Waals surface area contributed by atoms with Crippen molar-refractivity contribution in [2.45, 2.75) is 0 Å². The molecule has 0 bridgehead atoms. The fraction of sp³-hybridized carbons (Fsp3) is 0. The number of nitrogens with zero attached hydrogens (tertiary/aromatic N) is 3. The van der Waals surface area contributed by atoms with Gasteiger partial charge in [-0.25, -0.2) is 0 Å². The average Bonchev–Trinajstić information content (AvgIpc) is 2.74. The van der Waals surface area contributed by atoms with Crippen LogP contribution in [0.2, 0.25) is 0 Å². The van der Waals surface area contributed by atoms with Crippen molar-refractivity contribution < 1.29 is 0 Å². The van der Waals surface area contributed by atoms with Gasteiger partial charge in [-0.2, -0.15) is 0 Å². The number of benzene rings is 3. The second-order valence-electron chi connectivity index (χ2n) is 6.39. The number of rotatable bonds is 1. The summed E-state index contributed by atoms with van der Waals surface area (Å²) in [5.74, 6) is 0. The molecule has 6 rings (SSSR count). The van der Waals surface area contributed by atoms with Gasteiger partial charge in [0.1, 0.15) is 0 Å². The number of anilines is 3. The van der Waals surface area contributed by atoms with Crippen molar-refractivity contribution in [2.75, 3.05) is 4.90 Å². The van der Waals surface area contributed by atoms with Gasteiger partial charge in [0.25, 0.3) is 0 Å². The molecule has 0 fully saturated rings. The van der Waals surface area contributed by atoms with Crippen molar-refractivity contribution >= 4 is 64.8 Å². The van der Waals surface area contributed by atoms with E-state index >= 15 is 0 Å². The van der Waals surface area contributed by atoms with Gasteiger partial charge in [0.2, 0.25) is 0 Å². The van der Waals surface area contributed by atoms with Crippen molar-refractivity contribution in [3.63, 3.8) is 0 Å². The molecule has 0 unspecified atom stereocenters. The second kappa shape index (κ2) is 6.05. The van der Waals surface area contributed by atoms with Gasteiger partial charge in [0, 0.05) is 0 Å². The minimum absolute atomic E-state index is 0.289. The molecule has 2 aliphatic rings. The fourth-order valence-corrected chi connectivity index (χ4v) is 8.69. The number of fused-ring (bicyclic) bond motifs is 4. The zero-order valence-corrected chi connectivity index (χ0v) is 17.6. The molecule has 3 heterocycles. The van der Waals surface area contributed by atoms with E-state index in [9.17, 15) is 0 Å². The molecule has 0 atom stereocenters. The Bertz CT molecular complexity index is 1120. The summed E-state index contributed by atoms with van der Waals surface area (Å²) < 4.78 is 5.75. The molecule has 3 nitrogen and oxygen atoms in total. The van der Waals surface area contributed by atoms with E-state index in [1.807, 2.05) is 6.20 Å². The van der Waals surface area contributed by atoms with Crippen LogP contribution < -0.4 is 22.7 Å². The summed E-state index contributed by atoms with van der Waals surface area (Å²) in [6.07, 6.45) is 5.36. The first kappa shape index (κ1) is 15.6. The van der Waals surface area contributed by atoms with Crippen LogP contribution in [0.3, 0.4) is 0 Å². The van der Waals surface area contributed by atoms with Gasteiger partial charge >= 0.3 is 170 Å². The molecule has 4 aromatic rings. The predicted molar refractivity (Wildman–Crippen MR) is 112 cm³/mol. The van der Waals surface area contributed by atoms with Gasteiger partial charge in [0.15, 0.2) is 0 Å². The Morgan fingerprint density at radius 1 is 0.704 bits per heavy atom. The normalized spacial score (nSPS) is 13.6. The maximum atomic E-state index is 4.54. The molecular formula is C22H13N3Se2. The molecule has 1 aromatic heterocycles. The summed E-state index contributed by atoms with van der Waals surface area (Å²) >= 11 is 0.579. The summed E-state index contributed by atoms with van der Waals surface area (Å²) in [7, 11) is 0. The van der Waals surface area contributed by atoms with Gasteiger partial charge in [-0.1, -0.05) is 0 Å².